The monoisotopic (exact) mass is 368 g/mol. The van der Waals surface area contributed by atoms with Gasteiger partial charge in [0.15, 0.2) is 0 Å². The van der Waals surface area contributed by atoms with Gasteiger partial charge in [-0.25, -0.2) is 0 Å². The van der Waals surface area contributed by atoms with Gasteiger partial charge in [-0.2, -0.15) is 0 Å². The molecule has 2 fully saturated rings. The van der Waals surface area contributed by atoms with Crippen molar-refractivity contribution in [1.82, 2.24) is 15.5 Å². The number of hydrogen-bond donors (Lipinski definition) is 2. The third kappa shape index (κ3) is 2.34. The van der Waals surface area contributed by atoms with E-state index in [0.717, 1.165) is 38.0 Å². The van der Waals surface area contributed by atoms with E-state index in [1.807, 2.05) is 6.07 Å². The van der Waals surface area contributed by atoms with Crippen molar-refractivity contribution in [3.63, 3.8) is 0 Å². The summed E-state index contributed by atoms with van der Waals surface area (Å²) in [6, 6.07) is 3.53. The second kappa shape index (κ2) is 5.79. The normalized spacial score (nSPS) is 26.4. The number of rotatable bonds is 1. The average molecular weight is 368 g/mol. The Morgan fingerprint density at radius 3 is 2.67 bits per heavy atom. The molecule has 0 aromatic heterocycles. The molecule has 1 atom stereocenters. The average Bonchev–Trinajstić information content (AvgIpc) is 3.11. The van der Waals surface area contributed by atoms with Crippen molar-refractivity contribution in [2.45, 2.75) is 43.7 Å². The Bertz CT molecular complexity index is 859. The van der Waals surface area contributed by atoms with Gasteiger partial charge in [0, 0.05) is 48.8 Å². The molecule has 0 radical (unpaired) electrons. The molecular weight excluding hydrogens is 344 g/mol. The number of nitrogens with one attached hydrogen (secondary N) is 2. The predicted molar refractivity (Wildman–Crippen MR) is 99.5 cm³/mol. The molecule has 0 aliphatic carbocycles. The van der Waals surface area contributed by atoms with Gasteiger partial charge < -0.3 is 15.1 Å². The van der Waals surface area contributed by atoms with Crippen LogP contribution in [0.4, 0.5) is 5.69 Å². The first-order chi connectivity index (χ1) is 13.0. The van der Waals surface area contributed by atoms with Crippen LogP contribution in [0.15, 0.2) is 12.1 Å². The first-order valence-electron chi connectivity index (χ1n) is 9.73. The molecule has 2 saturated heterocycles. The molecule has 4 aliphatic rings. The molecule has 142 valence electrons. The van der Waals surface area contributed by atoms with Crippen LogP contribution >= 0.6 is 0 Å². The van der Waals surface area contributed by atoms with E-state index in [2.05, 4.69) is 28.6 Å². The van der Waals surface area contributed by atoms with Crippen molar-refractivity contribution in [3.05, 3.63) is 28.8 Å². The Labute approximate surface area is 158 Å². The SMILES string of the molecule is CN1CC2(CCNCC2)c2ccc3c(c21)CN([C@H]1CCC(=O)NC1=O)C3=O. The molecule has 4 aliphatic heterocycles. The molecule has 1 aromatic rings. The number of hydrogen-bond acceptors (Lipinski definition) is 5. The van der Waals surface area contributed by atoms with E-state index in [4.69, 9.17) is 0 Å². The van der Waals surface area contributed by atoms with E-state index in [0.29, 0.717) is 18.5 Å². The minimum Gasteiger partial charge on any atom is -0.373 e. The van der Waals surface area contributed by atoms with Gasteiger partial charge in [-0.1, -0.05) is 6.07 Å². The standard InChI is InChI=1S/C20H24N4O3/c1-23-11-20(6-8-21-9-7-20)14-3-2-12-13(17(14)23)10-24(19(12)27)15-4-5-16(25)22-18(15)26/h2-3,15,21H,4-11H2,1H3,(H,22,25,26)/t15-/m0/s1. The van der Waals surface area contributed by atoms with Crippen molar-refractivity contribution in [2.24, 2.45) is 0 Å². The van der Waals surface area contributed by atoms with Crippen LogP contribution in [-0.4, -0.2) is 55.3 Å². The second-order valence-electron chi connectivity index (χ2n) is 8.27. The van der Waals surface area contributed by atoms with E-state index < -0.39 is 6.04 Å². The summed E-state index contributed by atoms with van der Waals surface area (Å²) in [7, 11) is 2.11. The lowest BCUT2D eigenvalue weighted by atomic mass is 9.74. The number of fused-ring (bicyclic) bond motifs is 4. The Balaban J connectivity index is 1.52. The maximum absolute atomic E-state index is 13.0. The van der Waals surface area contributed by atoms with E-state index in [9.17, 15) is 14.4 Å². The van der Waals surface area contributed by atoms with E-state index in [1.165, 1.54) is 11.3 Å². The minimum absolute atomic E-state index is 0.0954. The number of piperidine rings is 2. The number of anilines is 1. The number of benzene rings is 1. The highest BCUT2D eigenvalue weighted by Crippen LogP contribution is 2.49. The maximum atomic E-state index is 13.0. The fourth-order valence-corrected chi connectivity index (χ4v) is 5.44. The summed E-state index contributed by atoms with van der Waals surface area (Å²) >= 11 is 0. The highest BCUT2D eigenvalue weighted by molar-refractivity contribution is 6.06. The van der Waals surface area contributed by atoms with E-state index in [1.54, 1.807) is 4.90 Å². The Kier molecular flexibility index (Phi) is 3.59. The molecule has 7 heteroatoms. The van der Waals surface area contributed by atoms with Crippen molar-refractivity contribution < 1.29 is 14.4 Å². The topological polar surface area (TPSA) is 81.8 Å². The Hall–Kier alpha value is -2.41. The molecular formula is C20H24N4O3. The van der Waals surface area contributed by atoms with Crippen molar-refractivity contribution in [3.8, 4) is 0 Å². The molecule has 3 amide bonds. The van der Waals surface area contributed by atoms with Crippen LogP contribution in [0.5, 0.6) is 0 Å². The zero-order valence-corrected chi connectivity index (χ0v) is 15.5. The smallest absolute Gasteiger partial charge is 0.255 e. The molecule has 5 rings (SSSR count). The van der Waals surface area contributed by atoms with Gasteiger partial charge in [-0.3, -0.25) is 19.7 Å². The second-order valence-corrected chi connectivity index (χ2v) is 8.27. The van der Waals surface area contributed by atoms with Crippen LogP contribution in [0.25, 0.3) is 0 Å². The lowest BCUT2D eigenvalue weighted by Crippen LogP contribution is -2.52. The van der Waals surface area contributed by atoms with E-state index in [-0.39, 0.29) is 29.6 Å². The van der Waals surface area contributed by atoms with Gasteiger partial charge in [0.25, 0.3) is 5.91 Å². The summed E-state index contributed by atoms with van der Waals surface area (Å²) < 4.78 is 0. The molecule has 1 spiro atoms. The Morgan fingerprint density at radius 2 is 1.93 bits per heavy atom. The molecule has 0 saturated carbocycles. The summed E-state index contributed by atoms with van der Waals surface area (Å²) in [5, 5.41) is 5.82. The summed E-state index contributed by atoms with van der Waals surface area (Å²) in [5.74, 6) is -0.705. The zero-order valence-electron chi connectivity index (χ0n) is 15.5. The third-order valence-electron chi connectivity index (χ3n) is 6.74. The maximum Gasteiger partial charge on any atom is 0.255 e. The van der Waals surface area contributed by atoms with Gasteiger partial charge in [-0.15, -0.1) is 0 Å². The summed E-state index contributed by atoms with van der Waals surface area (Å²) in [4.78, 5) is 40.7. The third-order valence-corrected chi connectivity index (χ3v) is 6.74. The molecule has 27 heavy (non-hydrogen) atoms. The van der Waals surface area contributed by atoms with Crippen LogP contribution < -0.4 is 15.5 Å². The highest BCUT2D eigenvalue weighted by Gasteiger charge is 2.47. The molecule has 2 N–H and O–H groups in total. The molecule has 0 unspecified atom stereocenters. The zero-order chi connectivity index (χ0) is 18.8. The minimum atomic E-state index is -0.558. The Morgan fingerprint density at radius 1 is 1.15 bits per heavy atom. The quantitative estimate of drug-likeness (QED) is 0.707. The van der Waals surface area contributed by atoms with E-state index >= 15 is 0 Å². The number of carbonyl (C=O) groups is 3. The largest absolute Gasteiger partial charge is 0.373 e. The van der Waals surface area contributed by atoms with Gasteiger partial charge in [0.1, 0.15) is 6.04 Å². The van der Waals surface area contributed by atoms with Crippen LogP contribution in [-0.2, 0) is 21.5 Å². The molecule has 0 bridgehead atoms. The number of carbonyl (C=O) groups excluding carboxylic acids is 3. The van der Waals surface area contributed by atoms with Gasteiger partial charge in [0.2, 0.25) is 11.8 Å². The van der Waals surface area contributed by atoms with Gasteiger partial charge in [0.05, 0.1) is 0 Å². The number of likely N-dealkylation sites (N-methyl/N-ethyl adjacent to an activating group) is 1. The lowest BCUT2D eigenvalue weighted by molar-refractivity contribution is -0.136. The number of nitrogens with zero attached hydrogens (tertiary/aromatic N) is 2. The lowest BCUT2D eigenvalue weighted by Gasteiger charge is -2.34. The first-order valence-corrected chi connectivity index (χ1v) is 9.73. The summed E-state index contributed by atoms with van der Waals surface area (Å²) in [5.41, 5.74) is 4.44. The first kappa shape index (κ1) is 16.7. The van der Waals surface area contributed by atoms with Crippen LogP contribution in [0.3, 0.4) is 0 Å². The fraction of sp³-hybridized carbons (Fsp3) is 0.550. The molecule has 7 nitrogen and oxygen atoms in total. The number of amides is 3. The van der Waals surface area contributed by atoms with Gasteiger partial charge >= 0.3 is 0 Å². The van der Waals surface area contributed by atoms with Crippen LogP contribution in [0, 0.1) is 0 Å². The van der Waals surface area contributed by atoms with Crippen molar-refractivity contribution in [2.75, 3.05) is 31.6 Å². The highest BCUT2D eigenvalue weighted by atomic mass is 16.2. The molecule has 4 heterocycles. The predicted octanol–water partition coefficient (Wildman–Crippen LogP) is 0.519. The van der Waals surface area contributed by atoms with Gasteiger partial charge in [-0.05, 0) is 44.0 Å². The number of imide groups is 1. The van der Waals surface area contributed by atoms with Crippen LogP contribution in [0.2, 0.25) is 0 Å². The summed E-state index contributed by atoms with van der Waals surface area (Å²) in [6.45, 7) is 3.47. The van der Waals surface area contributed by atoms with Crippen LogP contribution in [0.1, 0.15) is 47.2 Å². The fourth-order valence-electron chi connectivity index (χ4n) is 5.44. The van der Waals surface area contributed by atoms with Crippen molar-refractivity contribution >= 4 is 23.4 Å². The molecule has 1 aromatic carbocycles. The van der Waals surface area contributed by atoms with Crippen molar-refractivity contribution in [1.29, 1.82) is 0 Å². The summed E-state index contributed by atoms with van der Waals surface area (Å²) in [6.07, 6.45) is 2.89.